The number of methoxy groups -OCH3 is 1. The van der Waals surface area contributed by atoms with Gasteiger partial charge in [0.1, 0.15) is 5.75 Å². The van der Waals surface area contributed by atoms with E-state index in [9.17, 15) is 4.79 Å². The van der Waals surface area contributed by atoms with Crippen LogP contribution < -0.4 is 4.74 Å². The van der Waals surface area contributed by atoms with Gasteiger partial charge in [0.25, 0.3) is 5.91 Å². The number of hydrogen-bond donors (Lipinski definition) is 0. The highest BCUT2D eigenvalue weighted by atomic mass is 16.5. The van der Waals surface area contributed by atoms with E-state index in [2.05, 4.69) is 10.1 Å². The second-order valence-corrected chi connectivity index (χ2v) is 5.72. The third-order valence-electron chi connectivity index (χ3n) is 4.20. The Labute approximate surface area is 135 Å². The van der Waals surface area contributed by atoms with Crippen LogP contribution in [-0.2, 0) is 6.42 Å². The molecule has 2 aromatic rings. The molecule has 1 amide bonds. The molecular weight excluding hydrogens is 294 g/mol. The summed E-state index contributed by atoms with van der Waals surface area (Å²) in [6.07, 6.45) is 2.66. The smallest absolute Gasteiger partial charge is 0.253 e. The second-order valence-electron chi connectivity index (χ2n) is 5.72. The predicted molar refractivity (Wildman–Crippen MR) is 84.5 cm³/mol. The van der Waals surface area contributed by atoms with Crippen molar-refractivity contribution >= 4 is 5.91 Å². The number of piperidine rings is 1. The third-order valence-corrected chi connectivity index (χ3v) is 4.20. The Morgan fingerprint density at radius 3 is 2.83 bits per heavy atom. The Kier molecular flexibility index (Phi) is 4.60. The summed E-state index contributed by atoms with van der Waals surface area (Å²) >= 11 is 0. The van der Waals surface area contributed by atoms with Crippen LogP contribution in [0.1, 0.15) is 47.8 Å². The Bertz CT molecular complexity index is 666. The summed E-state index contributed by atoms with van der Waals surface area (Å²) in [6.45, 7) is 3.38. The van der Waals surface area contributed by atoms with Gasteiger partial charge in [0.2, 0.25) is 5.89 Å². The SMILES string of the molecule is CCc1nc(C2CCCN(C(=O)c3ccc(OC)cc3)C2)no1. The average molecular weight is 315 g/mol. The van der Waals surface area contributed by atoms with E-state index in [0.717, 1.165) is 31.6 Å². The standard InChI is InChI=1S/C17H21N3O3/c1-3-15-18-16(19-23-15)13-5-4-10-20(11-13)17(21)12-6-8-14(22-2)9-7-12/h6-9,13H,3-5,10-11H2,1-2H3. The number of carbonyl (C=O) groups is 1. The van der Waals surface area contributed by atoms with Crippen LogP contribution in [0.5, 0.6) is 5.75 Å². The maximum atomic E-state index is 12.7. The fourth-order valence-electron chi connectivity index (χ4n) is 2.87. The van der Waals surface area contributed by atoms with Crippen LogP contribution in [0.15, 0.2) is 28.8 Å². The second kappa shape index (κ2) is 6.81. The van der Waals surface area contributed by atoms with Crippen LogP contribution in [0.4, 0.5) is 0 Å². The van der Waals surface area contributed by atoms with Gasteiger partial charge in [-0.25, -0.2) is 0 Å². The lowest BCUT2D eigenvalue weighted by Crippen LogP contribution is -2.39. The number of likely N-dealkylation sites (tertiary alicyclic amines) is 1. The van der Waals surface area contributed by atoms with Crippen LogP contribution in [0.25, 0.3) is 0 Å². The van der Waals surface area contributed by atoms with Crippen molar-refractivity contribution in [2.24, 2.45) is 0 Å². The van der Waals surface area contributed by atoms with Gasteiger partial charge < -0.3 is 14.2 Å². The molecule has 0 saturated carbocycles. The molecule has 0 bridgehead atoms. The molecular formula is C17H21N3O3. The summed E-state index contributed by atoms with van der Waals surface area (Å²) in [7, 11) is 1.61. The summed E-state index contributed by atoms with van der Waals surface area (Å²) in [4.78, 5) is 18.9. The highest BCUT2D eigenvalue weighted by Crippen LogP contribution is 2.26. The predicted octanol–water partition coefficient (Wildman–Crippen LogP) is 2.66. The van der Waals surface area contributed by atoms with E-state index in [1.807, 2.05) is 11.8 Å². The van der Waals surface area contributed by atoms with Crippen LogP contribution >= 0.6 is 0 Å². The van der Waals surface area contributed by atoms with Gasteiger partial charge >= 0.3 is 0 Å². The molecule has 1 unspecified atom stereocenters. The van der Waals surface area contributed by atoms with Crippen molar-refractivity contribution in [2.45, 2.75) is 32.1 Å². The summed E-state index contributed by atoms with van der Waals surface area (Å²) in [5.41, 5.74) is 0.675. The molecule has 0 radical (unpaired) electrons. The molecule has 1 atom stereocenters. The Balaban J connectivity index is 1.70. The lowest BCUT2D eigenvalue weighted by Gasteiger charge is -2.31. The van der Waals surface area contributed by atoms with Crippen molar-refractivity contribution in [3.63, 3.8) is 0 Å². The van der Waals surface area contributed by atoms with Gasteiger partial charge in [-0.2, -0.15) is 4.98 Å². The third kappa shape index (κ3) is 3.36. The van der Waals surface area contributed by atoms with Gasteiger partial charge in [-0.3, -0.25) is 4.79 Å². The van der Waals surface area contributed by atoms with Gasteiger partial charge in [0.05, 0.1) is 7.11 Å². The number of aromatic nitrogens is 2. The molecule has 2 heterocycles. The maximum absolute atomic E-state index is 12.7. The molecule has 1 aliphatic rings. The molecule has 1 fully saturated rings. The van der Waals surface area contributed by atoms with E-state index in [4.69, 9.17) is 9.26 Å². The van der Waals surface area contributed by atoms with Crippen LogP contribution in [0, 0.1) is 0 Å². The summed E-state index contributed by atoms with van der Waals surface area (Å²) in [6, 6.07) is 7.21. The summed E-state index contributed by atoms with van der Waals surface area (Å²) in [5, 5.41) is 4.06. The van der Waals surface area contributed by atoms with Crippen molar-refractivity contribution in [2.75, 3.05) is 20.2 Å². The van der Waals surface area contributed by atoms with Crippen LogP contribution in [0.3, 0.4) is 0 Å². The zero-order valence-electron chi connectivity index (χ0n) is 13.5. The van der Waals surface area contributed by atoms with Crippen molar-refractivity contribution in [3.8, 4) is 5.75 Å². The largest absolute Gasteiger partial charge is 0.497 e. The van der Waals surface area contributed by atoms with Crippen LogP contribution in [0.2, 0.25) is 0 Å². The van der Waals surface area contributed by atoms with E-state index in [1.165, 1.54) is 0 Å². The van der Waals surface area contributed by atoms with E-state index in [1.54, 1.807) is 31.4 Å². The molecule has 6 heteroatoms. The number of rotatable bonds is 4. The maximum Gasteiger partial charge on any atom is 0.253 e. The minimum Gasteiger partial charge on any atom is -0.497 e. The first kappa shape index (κ1) is 15.5. The molecule has 0 spiro atoms. The lowest BCUT2D eigenvalue weighted by atomic mass is 9.96. The Morgan fingerprint density at radius 1 is 1.39 bits per heavy atom. The van der Waals surface area contributed by atoms with Crippen LogP contribution in [-0.4, -0.2) is 41.1 Å². The van der Waals surface area contributed by atoms with E-state index >= 15 is 0 Å². The zero-order chi connectivity index (χ0) is 16.2. The quantitative estimate of drug-likeness (QED) is 0.867. The van der Waals surface area contributed by atoms with Crippen molar-refractivity contribution < 1.29 is 14.1 Å². The number of nitrogens with zero attached hydrogens (tertiary/aromatic N) is 3. The molecule has 1 saturated heterocycles. The molecule has 1 aliphatic heterocycles. The van der Waals surface area contributed by atoms with Gasteiger partial charge in [0.15, 0.2) is 5.82 Å². The van der Waals surface area contributed by atoms with Crippen molar-refractivity contribution in [1.29, 1.82) is 0 Å². The fourth-order valence-corrected chi connectivity index (χ4v) is 2.87. The normalized spacial score (nSPS) is 18.0. The van der Waals surface area contributed by atoms with Crippen molar-refractivity contribution in [3.05, 3.63) is 41.5 Å². The number of amides is 1. The molecule has 1 aromatic heterocycles. The number of aryl methyl sites for hydroxylation is 1. The van der Waals surface area contributed by atoms with E-state index in [0.29, 0.717) is 23.8 Å². The summed E-state index contributed by atoms with van der Waals surface area (Å²) in [5.74, 6) is 2.30. The molecule has 3 rings (SSSR count). The topological polar surface area (TPSA) is 68.5 Å². The van der Waals surface area contributed by atoms with Crippen molar-refractivity contribution in [1.82, 2.24) is 15.0 Å². The van der Waals surface area contributed by atoms with E-state index < -0.39 is 0 Å². The lowest BCUT2D eigenvalue weighted by molar-refractivity contribution is 0.0703. The van der Waals surface area contributed by atoms with E-state index in [-0.39, 0.29) is 11.8 Å². The molecule has 122 valence electrons. The zero-order valence-corrected chi connectivity index (χ0v) is 13.5. The van der Waals surface area contributed by atoms with Gasteiger partial charge in [-0.15, -0.1) is 0 Å². The molecule has 23 heavy (non-hydrogen) atoms. The molecule has 0 aliphatic carbocycles. The monoisotopic (exact) mass is 315 g/mol. The minimum absolute atomic E-state index is 0.0385. The molecule has 0 N–H and O–H groups in total. The Morgan fingerprint density at radius 2 is 2.17 bits per heavy atom. The fraction of sp³-hybridized carbons (Fsp3) is 0.471. The first-order valence-corrected chi connectivity index (χ1v) is 7.97. The number of ether oxygens (including phenoxy) is 1. The average Bonchev–Trinajstić information content (AvgIpc) is 3.10. The summed E-state index contributed by atoms with van der Waals surface area (Å²) < 4.78 is 10.3. The van der Waals surface area contributed by atoms with Gasteiger partial charge in [-0.05, 0) is 37.1 Å². The number of benzene rings is 1. The van der Waals surface area contributed by atoms with Gasteiger partial charge in [-0.1, -0.05) is 12.1 Å². The molecule has 1 aromatic carbocycles. The van der Waals surface area contributed by atoms with Gasteiger partial charge in [0, 0.05) is 31.0 Å². The number of hydrogen-bond acceptors (Lipinski definition) is 5. The highest BCUT2D eigenvalue weighted by Gasteiger charge is 2.28. The first-order valence-electron chi connectivity index (χ1n) is 7.97. The number of carbonyl (C=O) groups excluding carboxylic acids is 1. The highest BCUT2D eigenvalue weighted by molar-refractivity contribution is 5.94. The first-order chi connectivity index (χ1) is 11.2. The minimum atomic E-state index is 0.0385. The Hall–Kier alpha value is -2.37. The molecule has 6 nitrogen and oxygen atoms in total.